The smallest absolute Gasteiger partial charge is 0.342 e. The molecule has 1 rings (SSSR count). The van der Waals surface area contributed by atoms with Gasteiger partial charge in [-0.2, -0.15) is 0 Å². The van der Waals surface area contributed by atoms with Crippen molar-refractivity contribution >= 4 is 11.7 Å². The van der Waals surface area contributed by atoms with E-state index in [4.69, 9.17) is 9.47 Å². The maximum atomic E-state index is 11.7. The van der Waals surface area contributed by atoms with E-state index < -0.39 is 5.97 Å². The molecule has 0 fully saturated rings. The van der Waals surface area contributed by atoms with Crippen molar-refractivity contribution < 1.29 is 14.3 Å². The van der Waals surface area contributed by atoms with E-state index in [1.54, 1.807) is 13.8 Å². The Labute approximate surface area is 100 Å². The van der Waals surface area contributed by atoms with Crippen LogP contribution in [0.2, 0.25) is 0 Å². The summed E-state index contributed by atoms with van der Waals surface area (Å²) in [5.74, 6) is 0.429. The highest BCUT2D eigenvalue weighted by molar-refractivity contribution is 5.93. The molecule has 0 aliphatic carbocycles. The molecule has 0 bridgehead atoms. The molecule has 0 atom stereocenters. The second kappa shape index (κ2) is 5.98. The second-order valence-electron chi connectivity index (χ2n) is 3.26. The van der Waals surface area contributed by atoms with Gasteiger partial charge in [0.25, 0.3) is 0 Å². The summed E-state index contributed by atoms with van der Waals surface area (Å²) in [7, 11) is 0. The van der Waals surface area contributed by atoms with Crippen molar-refractivity contribution in [3.63, 3.8) is 0 Å². The van der Waals surface area contributed by atoms with Gasteiger partial charge in [0.1, 0.15) is 22.8 Å². The van der Waals surface area contributed by atoms with Crippen LogP contribution in [0.15, 0.2) is 12.8 Å². The first kappa shape index (κ1) is 13.2. The third kappa shape index (κ3) is 3.27. The van der Waals surface area contributed by atoms with Gasteiger partial charge in [0.05, 0.1) is 13.2 Å². The average molecular weight is 236 g/mol. The third-order valence-corrected chi connectivity index (χ3v) is 1.99. The molecule has 0 radical (unpaired) electrons. The van der Waals surface area contributed by atoms with Gasteiger partial charge in [-0.1, -0.05) is 6.58 Å². The molecule has 1 aromatic rings. The van der Waals surface area contributed by atoms with Gasteiger partial charge in [-0.25, -0.2) is 14.8 Å². The van der Waals surface area contributed by atoms with Crippen molar-refractivity contribution in [3.05, 3.63) is 29.9 Å². The minimum absolute atomic E-state index is 0.274. The Morgan fingerprint density at radius 1 is 1.35 bits per heavy atom. The van der Waals surface area contributed by atoms with Crippen molar-refractivity contribution in [1.82, 2.24) is 9.97 Å². The van der Waals surface area contributed by atoms with Gasteiger partial charge in [-0.05, 0) is 20.8 Å². The molecule has 0 amide bonds. The SMILES string of the molecule is C=C(OCC)c1nc(C)ncc1C(=O)OCC. The van der Waals surface area contributed by atoms with E-state index >= 15 is 0 Å². The van der Waals surface area contributed by atoms with Gasteiger partial charge >= 0.3 is 5.97 Å². The minimum Gasteiger partial charge on any atom is -0.492 e. The summed E-state index contributed by atoms with van der Waals surface area (Å²) in [6.45, 7) is 9.81. The molecule has 1 aromatic heterocycles. The Morgan fingerprint density at radius 2 is 2.00 bits per heavy atom. The number of carbonyl (C=O) groups is 1. The zero-order valence-electron chi connectivity index (χ0n) is 10.3. The molecule has 0 spiro atoms. The van der Waals surface area contributed by atoms with Crippen LogP contribution in [-0.2, 0) is 9.47 Å². The van der Waals surface area contributed by atoms with Crippen molar-refractivity contribution in [2.75, 3.05) is 13.2 Å². The fourth-order valence-corrected chi connectivity index (χ4v) is 1.28. The highest BCUT2D eigenvalue weighted by Crippen LogP contribution is 2.17. The lowest BCUT2D eigenvalue weighted by Crippen LogP contribution is -2.11. The highest BCUT2D eigenvalue weighted by Gasteiger charge is 2.17. The van der Waals surface area contributed by atoms with E-state index in [-0.39, 0.29) is 5.56 Å². The molecule has 0 saturated carbocycles. The van der Waals surface area contributed by atoms with E-state index in [2.05, 4.69) is 16.5 Å². The fourth-order valence-electron chi connectivity index (χ4n) is 1.28. The summed E-state index contributed by atoms with van der Waals surface area (Å²) in [6.07, 6.45) is 1.43. The first-order chi connectivity index (χ1) is 8.10. The highest BCUT2D eigenvalue weighted by atomic mass is 16.5. The zero-order valence-corrected chi connectivity index (χ0v) is 10.3. The molecule has 0 unspecified atom stereocenters. The first-order valence-electron chi connectivity index (χ1n) is 5.43. The molecule has 0 aliphatic rings. The Kier molecular flexibility index (Phi) is 4.63. The van der Waals surface area contributed by atoms with Crippen molar-refractivity contribution in [1.29, 1.82) is 0 Å². The van der Waals surface area contributed by atoms with Crippen LogP contribution in [0.4, 0.5) is 0 Å². The van der Waals surface area contributed by atoms with E-state index in [0.717, 1.165) is 0 Å². The van der Waals surface area contributed by atoms with E-state index in [1.165, 1.54) is 6.20 Å². The van der Waals surface area contributed by atoms with Gasteiger partial charge in [0.15, 0.2) is 0 Å². The van der Waals surface area contributed by atoms with Gasteiger partial charge in [0.2, 0.25) is 0 Å². The fraction of sp³-hybridized carbons (Fsp3) is 0.417. The van der Waals surface area contributed by atoms with E-state index in [1.807, 2.05) is 6.92 Å². The number of carbonyl (C=O) groups excluding carboxylic acids is 1. The lowest BCUT2D eigenvalue weighted by Gasteiger charge is -2.10. The van der Waals surface area contributed by atoms with Gasteiger partial charge < -0.3 is 9.47 Å². The van der Waals surface area contributed by atoms with Gasteiger partial charge in [0, 0.05) is 6.20 Å². The molecular weight excluding hydrogens is 220 g/mol. The summed E-state index contributed by atoms with van der Waals surface area (Å²) in [6, 6.07) is 0. The number of nitrogens with zero attached hydrogens (tertiary/aromatic N) is 2. The number of hydrogen-bond acceptors (Lipinski definition) is 5. The molecule has 5 heteroatoms. The van der Waals surface area contributed by atoms with Crippen LogP contribution in [0.3, 0.4) is 0 Å². The number of ether oxygens (including phenoxy) is 2. The first-order valence-corrected chi connectivity index (χ1v) is 5.43. The topological polar surface area (TPSA) is 61.3 Å². The summed E-state index contributed by atoms with van der Waals surface area (Å²) < 4.78 is 10.2. The van der Waals surface area contributed by atoms with Crippen LogP contribution in [0.5, 0.6) is 0 Å². The monoisotopic (exact) mass is 236 g/mol. The molecule has 0 aromatic carbocycles. The number of aromatic nitrogens is 2. The van der Waals surface area contributed by atoms with Gasteiger partial charge in [-0.3, -0.25) is 0 Å². The van der Waals surface area contributed by atoms with E-state index in [0.29, 0.717) is 30.5 Å². The van der Waals surface area contributed by atoms with Crippen molar-refractivity contribution in [2.24, 2.45) is 0 Å². The van der Waals surface area contributed by atoms with Crippen LogP contribution >= 0.6 is 0 Å². The number of rotatable bonds is 5. The Balaban J connectivity index is 3.11. The largest absolute Gasteiger partial charge is 0.492 e. The van der Waals surface area contributed by atoms with Crippen LogP contribution < -0.4 is 0 Å². The average Bonchev–Trinajstić information content (AvgIpc) is 2.29. The van der Waals surface area contributed by atoms with Gasteiger partial charge in [-0.15, -0.1) is 0 Å². The third-order valence-electron chi connectivity index (χ3n) is 1.99. The Bertz CT molecular complexity index is 430. The summed E-state index contributed by atoms with van der Waals surface area (Å²) in [4.78, 5) is 19.8. The lowest BCUT2D eigenvalue weighted by atomic mass is 10.2. The van der Waals surface area contributed by atoms with Crippen LogP contribution in [0.25, 0.3) is 5.76 Å². The minimum atomic E-state index is -0.469. The Morgan fingerprint density at radius 3 is 2.59 bits per heavy atom. The lowest BCUT2D eigenvalue weighted by molar-refractivity contribution is 0.0524. The predicted molar refractivity (Wildman–Crippen MR) is 63.4 cm³/mol. The molecule has 0 N–H and O–H groups in total. The molecule has 1 heterocycles. The van der Waals surface area contributed by atoms with Crippen molar-refractivity contribution in [3.8, 4) is 0 Å². The normalized spacial score (nSPS) is 9.82. The summed E-state index contributed by atoms with van der Waals surface area (Å²) in [5.41, 5.74) is 0.661. The molecule has 17 heavy (non-hydrogen) atoms. The molecule has 5 nitrogen and oxygen atoms in total. The number of esters is 1. The molecular formula is C12H16N2O3. The zero-order chi connectivity index (χ0) is 12.8. The maximum Gasteiger partial charge on any atom is 0.342 e. The van der Waals surface area contributed by atoms with Crippen LogP contribution in [-0.4, -0.2) is 29.2 Å². The van der Waals surface area contributed by atoms with Crippen LogP contribution in [0.1, 0.15) is 35.7 Å². The molecule has 0 aliphatic heterocycles. The van der Waals surface area contributed by atoms with Crippen molar-refractivity contribution in [2.45, 2.75) is 20.8 Å². The van der Waals surface area contributed by atoms with E-state index in [9.17, 15) is 4.79 Å². The quantitative estimate of drug-likeness (QED) is 0.577. The Hall–Kier alpha value is -1.91. The second-order valence-corrected chi connectivity index (χ2v) is 3.26. The summed E-state index contributed by atoms with van der Waals surface area (Å²) >= 11 is 0. The number of hydrogen-bond donors (Lipinski definition) is 0. The van der Waals surface area contributed by atoms with Crippen LogP contribution in [0, 0.1) is 6.92 Å². The summed E-state index contributed by atoms with van der Waals surface area (Å²) in [5, 5.41) is 0. The molecule has 92 valence electrons. The predicted octanol–water partition coefficient (Wildman–Crippen LogP) is 1.97. The molecule has 0 saturated heterocycles. The number of aryl methyl sites for hydroxylation is 1. The maximum absolute atomic E-state index is 11.7. The standard InChI is InChI=1S/C12H16N2O3/c1-5-16-8(3)11-10(12(15)17-6-2)7-13-9(4)14-11/h7H,3,5-6H2,1-2,4H3.